The molecule has 0 amide bonds. The van der Waals surface area contributed by atoms with Crippen molar-refractivity contribution in [1.82, 2.24) is 4.57 Å². The Labute approximate surface area is 211 Å². The van der Waals surface area contributed by atoms with Crippen molar-refractivity contribution >= 4 is 17.5 Å². The maximum atomic E-state index is 12.7. The van der Waals surface area contributed by atoms with E-state index in [9.17, 15) is 27.6 Å². The molecule has 196 valence electrons. The van der Waals surface area contributed by atoms with Crippen molar-refractivity contribution < 1.29 is 42.1 Å². The zero-order valence-corrected chi connectivity index (χ0v) is 20.2. The highest BCUT2D eigenvalue weighted by Gasteiger charge is 2.30. The molecule has 1 heterocycles. The van der Waals surface area contributed by atoms with Gasteiger partial charge in [-0.05, 0) is 60.5 Å². The van der Waals surface area contributed by atoms with Crippen LogP contribution in [0, 0.1) is 5.92 Å². The third-order valence-electron chi connectivity index (χ3n) is 5.36. The molecular formula is C27H26F3NO6. The summed E-state index contributed by atoms with van der Waals surface area (Å²) in [6.45, 7) is 3.20. The molecule has 2 aromatic carbocycles. The summed E-state index contributed by atoms with van der Waals surface area (Å²) in [5.41, 5.74) is 0.222. The van der Waals surface area contributed by atoms with Gasteiger partial charge in [-0.15, -0.1) is 0 Å². The Balaban J connectivity index is 1.56. The van der Waals surface area contributed by atoms with Crippen molar-refractivity contribution in [3.63, 3.8) is 0 Å². The van der Waals surface area contributed by atoms with E-state index in [1.54, 1.807) is 55.1 Å². The van der Waals surface area contributed by atoms with Gasteiger partial charge < -0.3 is 19.1 Å². The van der Waals surface area contributed by atoms with E-state index < -0.39 is 17.7 Å². The summed E-state index contributed by atoms with van der Waals surface area (Å²) in [6, 6.07) is 10.5. The Morgan fingerprint density at radius 2 is 1.49 bits per heavy atom. The molecule has 3 rings (SSSR count). The summed E-state index contributed by atoms with van der Waals surface area (Å²) < 4.78 is 50.6. The molecule has 1 N–H and O–H groups in total. The summed E-state index contributed by atoms with van der Waals surface area (Å²) >= 11 is 0. The smallest absolute Gasteiger partial charge is 0.416 e. The Bertz CT molecular complexity index is 1240. The van der Waals surface area contributed by atoms with Gasteiger partial charge in [-0.1, -0.05) is 13.8 Å². The second-order valence-corrected chi connectivity index (χ2v) is 8.71. The molecule has 0 unspecified atom stereocenters. The van der Waals surface area contributed by atoms with Gasteiger partial charge in [0.2, 0.25) is 0 Å². The summed E-state index contributed by atoms with van der Waals surface area (Å²) in [5, 5.41) is 8.96. The lowest BCUT2D eigenvalue weighted by Gasteiger charge is -2.10. The first-order chi connectivity index (χ1) is 17.4. The van der Waals surface area contributed by atoms with Gasteiger partial charge in [-0.3, -0.25) is 14.4 Å². The van der Waals surface area contributed by atoms with Crippen LogP contribution in [0.5, 0.6) is 17.2 Å². The number of ether oxygens (including phenoxy) is 2. The molecule has 0 aliphatic heterocycles. The first-order valence-corrected chi connectivity index (χ1v) is 11.5. The predicted molar refractivity (Wildman–Crippen MR) is 128 cm³/mol. The van der Waals surface area contributed by atoms with Crippen LogP contribution < -0.4 is 9.47 Å². The Morgan fingerprint density at radius 1 is 0.919 bits per heavy atom. The van der Waals surface area contributed by atoms with Crippen LogP contribution in [0.4, 0.5) is 13.2 Å². The van der Waals surface area contributed by atoms with Crippen molar-refractivity contribution in [3.05, 3.63) is 77.6 Å². The molecule has 0 bridgehead atoms. The van der Waals surface area contributed by atoms with E-state index in [-0.39, 0.29) is 49.2 Å². The van der Waals surface area contributed by atoms with Crippen LogP contribution in [0.2, 0.25) is 0 Å². The Morgan fingerprint density at radius 3 is 2.03 bits per heavy atom. The van der Waals surface area contributed by atoms with Crippen LogP contribution >= 0.6 is 0 Å². The molecule has 1 aromatic heterocycles. The normalized spacial score (nSPS) is 11.4. The molecule has 0 aliphatic rings. The molecular weight excluding hydrogens is 491 g/mol. The first kappa shape index (κ1) is 27.5. The lowest BCUT2D eigenvalue weighted by Crippen LogP contribution is -2.17. The zero-order chi connectivity index (χ0) is 27.2. The number of carbonyl (C=O) groups is 3. The highest BCUT2D eigenvalue weighted by Crippen LogP contribution is 2.31. The molecule has 7 nitrogen and oxygen atoms in total. The van der Waals surface area contributed by atoms with E-state index in [0.29, 0.717) is 22.6 Å². The number of carbonyl (C=O) groups excluding carboxylic acids is 2. The number of carboxylic acids is 1. The van der Waals surface area contributed by atoms with Crippen molar-refractivity contribution in [2.75, 3.05) is 6.61 Å². The van der Waals surface area contributed by atoms with Gasteiger partial charge in [0.05, 0.1) is 12.1 Å². The van der Waals surface area contributed by atoms with Gasteiger partial charge in [0.25, 0.3) is 0 Å². The summed E-state index contributed by atoms with van der Waals surface area (Å²) in [6.07, 6.45) is -1.19. The minimum atomic E-state index is -4.42. The highest BCUT2D eigenvalue weighted by molar-refractivity contribution is 5.99. The van der Waals surface area contributed by atoms with Crippen LogP contribution in [0.25, 0.3) is 0 Å². The van der Waals surface area contributed by atoms with Crippen LogP contribution in [0.1, 0.15) is 41.8 Å². The minimum absolute atomic E-state index is 0.0550. The van der Waals surface area contributed by atoms with Crippen molar-refractivity contribution in [2.45, 2.75) is 39.4 Å². The number of hydrogen-bond acceptors (Lipinski definition) is 5. The second kappa shape index (κ2) is 11.8. The fraction of sp³-hybridized carbons (Fsp3) is 0.296. The van der Waals surface area contributed by atoms with Crippen LogP contribution in [-0.2, 0) is 28.7 Å². The molecule has 0 saturated carbocycles. The number of halogens is 3. The lowest BCUT2D eigenvalue weighted by molar-refractivity contribution is -0.138. The number of aryl methyl sites for hydroxylation is 1. The van der Waals surface area contributed by atoms with Crippen LogP contribution in [0.15, 0.2) is 60.9 Å². The third kappa shape index (κ3) is 7.96. The number of hydrogen-bond donors (Lipinski definition) is 1. The summed E-state index contributed by atoms with van der Waals surface area (Å²) in [5.74, 6) is -0.641. The molecule has 0 radical (unpaired) electrons. The molecule has 0 saturated heterocycles. The SMILES string of the molecule is CC(C)C(=O)c1cn(CC(=O)COc2ccc(Oc3ccc(C(F)(F)F)cc3)cc2)cc1CCC(=O)O. The lowest BCUT2D eigenvalue weighted by atomic mass is 9.98. The molecule has 37 heavy (non-hydrogen) atoms. The number of Topliss-reactive ketones (excluding diaryl/α,β-unsaturated/α-hetero) is 2. The zero-order valence-electron chi connectivity index (χ0n) is 20.2. The molecule has 0 atom stereocenters. The first-order valence-electron chi connectivity index (χ1n) is 11.5. The fourth-order valence-corrected chi connectivity index (χ4v) is 3.49. The van der Waals surface area contributed by atoms with Gasteiger partial charge >= 0.3 is 12.1 Å². The predicted octanol–water partition coefficient (Wildman–Crippen LogP) is 5.80. The monoisotopic (exact) mass is 517 g/mol. The molecule has 0 aliphatic carbocycles. The number of nitrogens with zero attached hydrogens (tertiary/aromatic N) is 1. The van der Waals surface area contributed by atoms with Gasteiger partial charge in [0.15, 0.2) is 11.6 Å². The molecule has 0 spiro atoms. The third-order valence-corrected chi connectivity index (χ3v) is 5.36. The number of benzene rings is 2. The summed E-state index contributed by atoms with van der Waals surface area (Å²) in [7, 11) is 0. The molecule has 3 aromatic rings. The Hall–Kier alpha value is -4.08. The van der Waals surface area contributed by atoms with E-state index in [1.807, 2.05) is 0 Å². The van der Waals surface area contributed by atoms with E-state index in [0.717, 1.165) is 12.1 Å². The van der Waals surface area contributed by atoms with E-state index in [2.05, 4.69) is 0 Å². The minimum Gasteiger partial charge on any atom is -0.486 e. The number of rotatable bonds is 12. The molecule has 10 heteroatoms. The molecule has 0 fully saturated rings. The maximum absolute atomic E-state index is 12.7. The van der Waals surface area contributed by atoms with Crippen molar-refractivity contribution in [3.8, 4) is 17.2 Å². The number of alkyl halides is 3. The van der Waals surface area contributed by atoms with Gasteiger partial charge in [0, 0.05) is 30.3 Å². The van der Waals surface area contributed by atoms with Gasteiger partial charge in [-0.2, -0.15) is 13.2 Å². The second-order valence-electron chi connectivity index (χ2n) is 8.71. The Kier molecular flexibility index (Phi) is 8.75. The average Bonchev–Trinajstić information content (AvgIpc) is 3.23. The highest BCUT2D eigenvalue weighted by atomic mass is 19.4. The van der Waals surface area contributed by atoms with Crippen molar-refractivity contribution in [1.29, 1.82) is 0 Å². The number of aromatic nitrogens is 1. The van der Waals surface area contributed by atoms with E-state index in [1.165, 1.54) is 12.1 Å². The number of ketones is 2. The topological polar surface area (TPSA) is 94.8 Å². The quantitative estimate of drug-likeness (QED) is 0.305. The largest absolute Gasteiger partial charge is 0.486 e. The van der Waals surface area contributed by atoms with Gasteiger partial charge in [0.1, 0.15) is 23.9 Å². The fourth-order valence-electron chi connectivity index (χ4n) is 3.49. The van der Waals surface area contributed by atoms with Gasteiger partial charge in [-0.25, -0.2) is 0 Å². The van der Waals surface area contributed by atoms with Crippen LogP contribution in [-0.4, -0.2) is 33.8 Å². The number of aliphatic carboxylic acids is 1. The van der Waals surface area contributed by atoms with Crippen LogP contribution in [0.3, 0.4) is 0 Å². The standard InChI is InChI=1S/C27H26F3NO6/c1-17(2)26(35)24-15-31(13-18(24)3-12-25(33)34)14-20(32)16-36-21-8-10-23(11-9-21)37-22-6-4-19(5-7-22)27(28,29)30/h4-11,13,15,17H,3,12,14,16H2,1-2H3,(H,33,34). The van der Waals surface area contributed by atoms with E-state index >= 15 is 0 Å². The maximum Gasteiger partial charge on any atom is 0.416 e. The number of carboxylic acid groups (broad SMARTS) is 1. The summed E-state index contributed by atoms with van der Waals surface area (Å²) in [4.78, 5) is 35.9. The van der Waals surface area contributed by atoms with E-state index in [4.69, 9.17) is 14.6 Å². The van der Waals surface area contributed by atoms with Crippen molar-refractivity contribution in [2.24, 2.45) is 5.92 Å². The average molecular weight is 518 g/mol.